The van der Waals surface area contributed by atoms with Crippen LogP contribution in [0.5, 0.6) is 0 Å². The quantitative estimate of drug-likeness (QED) is 0.812. The van der Waals surface area contributed by atoms with Crippen LogP contribution in [0.1, 0.15) is 49.5 Å². The summed E-state index contributed by atoms with van der Waals surface area (Å²) >= 11 is 1.72. The first-order valence-corrected chi connectivity index (χ1v) is 8.33. The molecular formula is C15H24N4S. The Bertz CT molecular complexity index is 504. The second-order valence-corrected chi connectivity index (χ2v) is 5.83. The summed E-state index contributed by atoms with van der Waals surface area (Å²) in [6.45, 7) is 8.46. The average Bonchev–Trinajstić information content (AvgIpc) is 3.12. The van der Waals surface area contributed by atoms with E-state index in [2.05, 4.69) is 46.9 Å². The van der Waals surface area contributed by atoms with Gasteiger partial charge in [-0.25, -0.2) is 0 Å². The lowest BCUT2D eigenvalue weighted by atomic mass is 10.1. The Hall–Kier alpha value is -1.20. The first-order chi connectivity index (χ1) is 9.78. The van der Waals surface area contributed by atoms with Crippen molar-refractivity contribution in [3.05, 3.63) is 34.0 Å². The Morgan fingerprint density at radius 1 is 1.35 bits per heavy atom. The molecule has 1 unspecified atom stereocenters. The molecule has 0 spiro atoms. The van der Waals surface area contributed by atoms with E-state index in [1.54, 1.807) is 11.3 Å². The fourth-order valence-electron chi connectivity index (χ4n) is 2.32. The molecule has 2 aromatic rings. The standard InChI is InChI=1S/C15H24N4S/c1-4-7-17-14(15-10-16-11-20-15)9-13-8-12(5-2)18-19(13)6-3/h8,10-11,14,17H,4-7,9H2,1-3H3. The summed E-state index contributed by atoms with van der Waals surface area (Å²) in [6.07, 6.45) is 5.09. The first-order valence-electron chi connectivity index (χ1n) is 7.45. The van der Waals surface area contributed by atoms with Crippen molar-refractivity contribution in [2.24, 2.45) is 0 Å². The SMILES string of the molecule is CCCNC(Cc1cc(CC)nn1CC)c1cncs1. The van der Waals surface area contributed by atoms with E-state index in [1.807, 2.05) is 11.7 Å². The lowest BCUT2D eigenvalue weighted by Gasteiger charge is -2.17. The van der Waals surface area contributed by atoms with Crippen LogP contribution in [0.15, 0.2) is 17.8 Å². The van der Waals surface area contributed by atoms with E-state index in [0.717, 1.165) is 32.4 Å². The van der Waals surface area contributed by atoms with Crippen LogP contribution in [-0.4, -0.2) is 21.3 Å². The van der Waals surface area contributed by atoms with E-state index in [0.29, 0.717) is 6.04 Å². The lowest BCUT2D eigenvalue weighted by molar-refractivity contribution is 0.507. The Morgan fingerprint density at radius 2 is 2.20 bits per heavy atom. The smallest absolute Gasteiger partial charge is 0.0794 e. The van der Waals surface area contributed by atoms with E-state index in [-0.39, 0.29) is 0 Å². The van der Waals surface area contributed by atoms with Crippen LogP contribution in [0.3, 0.4) is 0 Å². The highest BCUT2D eigenvalue weighted by Gasteiger charge is 2.16. The van der Waals surface area contributed by atoms with Gasteiger partial charge in [0.2, 0.25) is 0 Å². The summed E-state index contributed by atoms with van der Waals surface area (Å²) in [5.74, 6) is 0. The molecule has 1 atom stereocenters. The van der Waals surface area contributed by atoms with Crippen molar-refractivity contribution in [1.29, 1.82) is 0 Å². The fourth-order valence-corrected chi connectivity index (χ4v) is 3.02. The van der Waals surface area contributed by atoms with Gasteiger partial charge in [-0.3, -0.25) is 9.67 Å². The van der Waals surface area contributed by atoms with E-state index >= 15 is 0 Å². The fraction of sp³-hybridized carbons (Fsp3) is 0.600. The lowest BCUT2D eigenvalue weighted by Crippen LogP contribution is -2.24. The highest BCUT2D eigenvalue weighted by molar-refractivity contribution is 7.09. The number of rotatable bonds is 8. The second kappa shape index (κ2) is 7.55. The third-order valence-electron chi connectivity index (χ3n) is 3.42. The van der Waals surface area contributed by atoms with Crippen molar-refractivity contribution in [3.63, 3.8) is 0 Å². The number of aryl methyl sites for hydroxylation is 2. The number of hydrogen-bond acceptors (Lipinski definition) is 4. The second-order valence-electron chi connectivity index (χ2n) is 4.91. The van der Waals surface area contributed by atoms with Crippen molar-refractivity contribution in [1.82, 2.24) is 20.1 Å². The zero-order chi connectivity index (χ0) is 14.4. The van der Waals surface area contributed by atoms with Crippen molar-refractivity contribution in [2.75, 3.05) is 6.54 Å². The van der Waals surface area contributed by atoms with Gasteiger partial charge in [0.25, 0.3) is 0 Å². The molecule has 0 aliphatic carbocycles. The van der Waals surface area contributed by atoms with Gasteiger partial charge in [0.15, 0.2) is 0 Å². The maximum atomic E-state index is 4.64. The highest BCUT2D eigenvalue weighted by Crippen LogP contribution is 2.22. The van der Waals surface area contributed by atoms with E-state index in [1.165, 1.54) is 16.3 Å². The highest BCUT2D eigenvalue weighted by atomic mass is 32.1. The Balaban J connectivity index is 2.16. The molecule has 5 heteroatoms. The molecule has 4 nitrogen and oxygen atoms in total. The van der Waals surface area contributed by atoms with Crippen LogP contribution in [0, 0.1) is 0 Å². The first kappa shape index (κ1) is 15.2. The molecule has 0 bridgehead atoms. The van der Waals surface area contributed by atoms with Crippen LogP contribution in [0.4, 0.5) is 0 Å². The molecule has 0 amide bonds. The van der Waals surface area contributed by atoms with Crippen LogP contribution in [0.2, 0.25) is 0 Å². The molecule has 2 aromatic heterocycles. The largest absolute Gasteiger partial charge is 0.309 e. The average molecular weight is 292 g/mol. The van der Waals surface area contributed by atoms with Crippen LogP contribution in [-0.2, 0) is 19.4 Å². The predicted molar refractivity (Wildman–Crippen MR) is 84.1 cm³/mol. The number of hydrogen-bond donors (Lipinski definition) is 1. The predicted octanol–water partition coefficient (Wildman–Crippen LogP) is 3.21. The molecule has 2 heterocycles. The molecule has 0 saturated carbocycles. The summed E-state index contributed by atoms with van der Waals surface area (Å²) < 4.78 is 2.13. The molecule has 0 fully saturated rings. The van der Waals surface area contributed by atoms with Crippen LogP contribution < -0.4 is 5.32 Å². The van der Waals surface area contributed by atoms with Gasteiger partial charge in [0.1, 0.15) is 0 Å². The van der Waals surface area contributed by atoms with Crippen molar-refractivity contribution in [3.8, 4) is 0 Å². The van der Waals surface area contributed by atoms with Gasteiger partial charge in [-0.1, -0.05) is 13.8 Å². The van der Waals surface area contributed by atoms with E-state index in [4.69, 9.17) is 0 Å². The zero-order valence-corrected chi connectivity index (χ0v) is 13.4. The Morgan fingerprint density at radius 3 is 2.80 bits per heavy atom. The Labute approximate surface area is 125 Å². The molecule has 20 heavy (non-hydrogen) atoms. The van der Waals surface area contributed by atoms with Crippen molar-refractivity contribution >= 4 is 11.3 Å². The number of aromatic nitrogens is 3. The number of nitrogens with zero attached hydrogens (tertiary/aromatic N) is 3. The van der Waals surface area contributed by atoms with Gasteiger partial charge >= 0.3 is 0 Å². The van der Waals surface area contributed by atoms with Crippen molar-refractivity contribution in [2.45, 2.75) is 52.6 Å². The zero-order valence-electron chi connectivity index (χ0n) is 12.6. The molecule has 2 rings (SSSR count). The molecule has 110 valence electrons. The van der Waals surface area contributed by atoms with Crippen LogP contribution in [0.25, 0.3) is 0 Å². The van der Waals surface area contributed by atoms with Crippen LogP contribution >= 0.6 is 11.3 Å². The maximum absolute atomic E-state index is 4.64. The normalized spacial score (nSPS) is 12.8. The minimum Gasteiger partial charge on any atom is -0.309 e. The van der Waals surface area contributed by atoms with Gasteiger partial charge in [-0.15, -0.1) is 11.3 Å². The third kappa shape index (κ3) is 3.67. The van der Waals surface area contributed by atoms with Gasteiger partial charge < -0.3 is 5.32 Å². The van der Waals surface area contributed by atoms with E-state index < -0.39 is 0 Å². The van der Waals surface area contributed by atoms with Gasteiger partial charge in [-0.05, 0) is 32.4 Å². The third-order valence-corrected chi connectivity index (χ3v) is 4.31. The van der Waals surface area contributed by atoms with Gasteiger partial charge in [-0.2, -0.15) is 5.10 Å². The summed E-state index contributed by atoms with van der Waals surface area (Å²) in [7, 11) is 0. The van der Waals surface area contributed by atoms with E-state index in [9.17, 15) is 0 Å². The molecule has 0 saturated heterocycles. The summed E-state index contributed by atoms with van der Waals surface area (Å²) in [4.78, 5) is 5.52. The minimum atomic E-state index is 0.342. The molecule has 0 aliphatic heterocycles. The molecule has 0 aliphatic rings. The number of thiazole rings is 1. The maximum Gasteiger partial charge on any atom is 0.0794 e. The Kier molecular flexibility index (Phi) is 5.73. The molecule has 0 aromatic carbocycles. The minimum absolute atomic E-state index is 0.342. The summed E-state index contributed by atoms with van der Waals surface area (Å²) in [6, 6.07) is 2.58. The summed E-state index contributed by atoms with van der Waals surface area (Å²) in [5.41, 5.74) is 4.40. The molecule has 1 N–H and O–H groups in total. The van der Waals surface area contributed by atoms with Crippen molar-refractivity contribution < 1.29 is 0 Å². The summed E-state index contributed by atoms with van der Waals surface area (Å²) in [5, 5.41) is 8.27. The number of nitrogens with one attached hydrogen (secondary N) is 1. The molecular weight excluding hydrogens is 268 g/mol. The monoisotopic (exact) mass is 292 g/mol. The van der Waals surface area contributed by atoms with Gasteiger partial charge in [0, 0.05) is 35.8 Å². The van der Waals surface area contributed by atoms with Gasteiger partial charge in [0.05, 0.1) is 11.2 Å². The molecule has 0 radical (unpaired) electrons. The topological polar surface area (TPSA) is 42.7 Å².